The smallest absolute Gasteiger partial charge is 0.209 e. The van der Waals surface area contributed by atoms with Crippen LogP contribution in [0.3, 0.4) is 0 Å². The van der Waals surface area contributed by atoms with Crippen LogP contribution in [0.4, 0.5) is 0 Å². The van der Waals surface area contributed by atoms with Crippen molar-refractivity contribution in [2.45, 2.75) is 19.6 Å². The van der Waals surface area contributed by atoms with Gasteiger partial charge in [-0.15, -0.1) is 0 Å². The van der Waals surface area contributed by atoms with Gasteiger partial charge in [0.15, 0.2) is 0 Å². The summed E-state index contributed by atoms with van der Waals surface area (Å²) in [6, 6.07) is 4.88. The van der Waals surface area contributed by atoms with E-state index in [1.165, 1.54) is 12.1 Å². The Labute approximate surface area is 164 Å². The Morgan fingerprint density at radius 2 is 0.909 bits per heavy atom. The fourth-order valence-electron chi connectivity index (χ4n) is 2.10. The minimum absolute atomic E-state index is 0.0112. The summed E-state index contributed by atoms with van der Waals surface area (Å²) in [6.45, 7) is 0. The average molecular weight is 601 g/mol. The maximum absolute atomic E-state index is 12.7. The van der Waals surface area contributed by atoms with Gasteiger partial charge in [0.2, 0.25) is 19.7 Å². The number of halogens is 4. The lowest BCUT2D eigenvalue weighted by Gasteiger charge is -2.21. The van der Waals surface area contributed by atoms with E-state index in [1.807, 2.05) is 45.2 Å². The molecule has 4 nitrogen and oxygen atoms in total. The second-order valence-corrected chi connectivity index (χ2v) is 11.3. The zero-order valence-electron chi connectivity index (χ0n) is 10.3. The van der Waals surface area contributed by atoms with E-state index in [1.54, 1.807) is 0 Å². The monoisotopic (exact) mass is 600 g/mol. The lowest BCUT2D eigenvalue weighted by atomic mass is 10.3. The minimum atomic E-state index is -3.98. The van der Waals surface area contributed by atoms with E-state index in [2.05, 4.69) is 0 Å². The summed E-state index contributed by atoms with van der Waals surface area (Å²) in [5, 5.41) is -0.0225. The van der Waals surface area contributed by atoms with Gasteiger partial charge in [0.25, 0.3) is 0 Å². The van der Waals surface area contributed by atoms with E-state index >= 15 is 0 Å². The summed E-state index contributed by atoms with van der Waals surface area (Å²) >= 11 is 15.6. The molecule has 0 atom stereocenters. The van der Waals surface area contributed by atoms with Gasteiger partial charge in [0.05, 0.1) is 29.6 Å². The van der Waals surface area contributed by atoms with Gasteiger partial charge in [-0.2, -0.15) is 0 Å². The zero-order valence-corrected chi connectivity index (χ0v) is 17.7. The van der Waals surface area contributed by atoms with Crippen molar-refractivity contribution in [3.63, 3.8) is 0 Å². The highest BCUT2D eigenvalue weighted by atomic mass is 127. The van der Waals surface area contributed by atoms with Gasteiger partial charge in [-0.05, 0) is 69.4 Å². The normalized spacial score (nSPS) is 17.6. The van der Waals surface area contributed by atoms with Crippen LogP contribution in [0.15, 0.2) is 43.8 Å². The maximum Gasteiger partial charge on any atom is 0.209 e. The molecule has 3 rings (SSSR count). The van der Waals surface area contributed by atoms with Crippen molar-refractivity contribution in [2.75, 3.05) is 0 Å². The number of hydrogen-bond acceptors (Lipinski definition) is 4. The van der Waals surface area contributed by atoms with Crippen molar-refractivity contribution in [1.29, 1.82) is 0 Å². The van der Waals surface area contributed by atoms with E-state index in [9.17, 15) is 16.8 Å². The van der Waals surface area contributed by atoms with Crippen LogP contribution in [-0.2, 0) is 19.7 Å². The third-order valence-electron chi connectivity index (χ3n) is 3.13. The highest BCUT2D eigenvalue weighted by Gasteiger charge is 2.40. The first kappa shape index (κ1) is 17.2. The largest absolute Gasteiger partial charge is 0.218 e. The molecule has 0 amide bonds. The van der Waals surface area contributed by atoms with Crippen LogP contribution < -0.4 is 0 Å². The van der Waals surface area contributed by atoms with Gasteiger partial charge in [-0.1, -0.05) is 23.2 Å². The molecular formula is C12H4Cl2I2O4S2. The Morgan fingerprint density at radius 1 is 0.636 bits per heavy atom. The summed E-state index contributed by atoms with van der Waals surface area (Å²) in [5.41, 5.74) is 0. The highest BCUT2D eigenvalue weighted by Crippen LogP contribution is 2.44. The molecule has 2 aromatic rings. The second kappa shape index (κ2) is 5.45. The topological polar surface area (TPSA) is 68.3 Å². The lowest BCUT2D eigenvalue weighted by Crippen LogP contribution is -2.20. The van der Waals surface area contributed by atoms with Crippen molar-refractivity contribution < 1.29 is 16.8 Å². The van der Waals surface area contributed by atoms with Gasteiger partial charge >= 0.3 is 0 Å². The predicted octanol–water partition coefficient (Wildman–Crippen LogP) is 4.18. The fourth-order valence-corrected chi connectivity index (χ4v) is 8.09. The SMILES string of the molecule is O=S1(=O)c2cc(Cl)c(Cl)cc2S(=O)(=O)c2cc(I)c(I)cc21. The molecule has 0 saturated heterocycles. The van der Waals surface area contributed by atoms with Crippen LogP contribution in [0, 0.1) is 7.14 Å². The maximum atomic E-state index is 12.7. The van der Waals surface area contributed by atoms with Crippen LogP contribution in [0.1, 0.15) is 0 Å². The molecule has 0 aromatic heterocycles. The minimum Gasteiger partial charge on any atom is -0.218 e. The van der Waals surface area contributed by atoms with Gasteiger partial charge in [-0.25, -0.2) is 16.8 Å². The standard InChI is InChI=1S/C12H4Cl2I2O4S2/c13-5-1-9-10(2-6(5)14)22(19,20)12-4-8(16)7(15)3-11(12)21(9,17)18/h1-4H. The van der Waals surface area contributed by atoms with Crippen LogP contribution in [0.2, 0.25) is 10.0 Å². The van der Waals surface area contributed by atoms with Crippen LogP contribution in [0.25, 0.3) is 0 Å². The fraction of sp³-hybridized carbons (Fsp3) is 0. The number of hydrogen-bond donors (Lipinski definition) is 0. The molecule has 0 spiro atoms. The van der Waals surface area contributed by atoms with Crippen molar-refractivity contribution in [3.05, 3.63) is 41.5 Å². The van der Waals surface area contributed by atoms with Crippen LogP contribution in [-0.4, -0.2) is 16.8 Å². The summed E-state index contributed by atoms with van der Waals surface area (Å²) in [7, 11) is -7.96. The number of benzene rings is 2. The molecule has 0 aliphatic carbocycles. The van der Waals surface area contributed by atoms with E-state index in [4.69, 9.17) is 23.2 Å². The Morgan fingerprint density at radius 3 is 1.23 bits per heavy atom. The summed E-state index contributed by atoms with van der Waals surface area (Å²) in [6.07, 6.45) is 0. The Hall–Kier alpha value is 0.380. The molecule has 0 radical (unpaired) electrons. The summed E-state index contributed by atoms with van der Waals surface area (Å²) in [4.78, 5) is -1.15. The first-order chi connectivity index (χ1) is 10.1. The Balaban J connectivity index is 2.55. The summed E-state index contributed by atoms with van der Waals surface area (Å²) < 4.78 is 52.3. The third kappa shape index (κ3) is 2.41. The van der Waals surface area contributed by atoms with Crippen molar-refractivity contribution in [1.82, 2.24) is 0 Å². The van der Waals surface area contributed by atoms with Crippen molar-refractivity contribution in [2.24, 2.45) is 0 Å². The molecule has 2 aromatic carbocycles. The molecule has 0 saturated carbocycles. The van der Waals surface area contributed by atoms with Crippen molar-refractivity contribution in [3.8, 4) is 0 Å². The first-order valence-corrected chi connectivity index (χ1v) is 11.4. The van der Waals surface area contributed by atoms with E-state index in [0.717, 1.165) is 12.1 Å². The van der Waals surface area contributed by atoms with Crippen molar-refractivity contribution >= 4 is 88.1 Å². The second-order valence-electron chi connectivity index (χ2n) is 4.43. The molecule has 1 heterocycles. The molecule has 0 fully saturated rings. The van der Waals surface area contributed by atoms with E-state index < -0.39 is 19.7 Å². The van der Waals surface area contributed by atoms with Crippen LogP contribution >= 0.6 is 68.4 Å². The lowest BCUT2D eigenvalue weighted by molar-refractivity contribution is 0.570. The predicted molar refractivity (Wildman–Crippen MR) is 99.2 cm³/mol. The average Bonchev–Trinajstić information content (AvgIpc) is 2.42. The summed E-state index contributed by atoms with van der Waals surface area (Å²) in [5.74, 6) is 0. The van der Waals surface area contributed by atoms with Crippen LogP contribution in [0.5, 0.6) is 0 Å². The molecule has 22 heavy (non-hydrogen) atoms. The van der Waals surface area contributed by atoms with E-state index in [0.29, 0.717) is 7.14 Å². The number of rotatable bonds is 0. The Bertz CT molecular complexity index is 892. The molecule has 0 unspecified atom stereocenters. The van der Waals surface area contributed by atoms with E-state index in [-0.39, 0.29) is 29.6 Å². The Kier molecular flexibility index (Phi) is 4.26. The first-order valence-electron chi connectivity index (χ1n) is 5.55. The molecular weight excluding hydrogens is 597 g/mol. The zero-order chi connectivity index (χ0) is 16.4. The van der Waals surface area contributed by atoms with Gasteiger partial charge < -0.3 is 0 Å². The molecule has 1 aliphatic heterocycles. The van der Waals surface area contributed by atoms with Gasteiger partial charge in [0.1, 0.15) is 0 Å². The van der Waals surface area contributed by atoms with Gasteiger partial charge in [-0.3, -0.25) is 0 Å². The molecule has 1 aliphatic rings. The molecule has 116 valence electrons. The number of sulfone groups is 2. The third-order valence-corrected chi connectivity index (χ3v) is 10.6. The quantitative estimate of drug-likeness (QED) is 0.363. The molecule has 10 heteroatoms. The molecule has 0 bridgehead atoms. The highest BCUT2D eigenvalue weighted by molar-refractivity contribution is 14.1. The number of fused-ring (bicyclic) bond motifs is 2. The van der Waals surface area contributed by atoms with Gasteiger partial charge in [0, 0.05) is 7.14 Å². The molecule has 0 N–H and O–H groups in total.